The van der Waals surface area contributed by atoms with Crippen LogP contribution >= 0.6 is 35.3 Å². The first kappa shape index (κ1) is 12.2. The Labute approximate surface area is 88.6 Å². The Balaban J connectivity index is 0.00000121. The molecule has 0 bridgehead atoms. The van der Waals surface area contributed by atoms with Gasteiger partial charge in [0.2, 0.25) is 0 Å². The molecule has 0 atom stereocenters. The van der Waals surface area contributed by atoms with Gasteiger partial charge in [-0.25, -0.2) is 4.98 Å². The maximum absolute atomic E-state index is 5.62. The number of hydrogen-bond donors (Lipinski definition) is 0. The van der Waals surface area contributed by atoms with Gasteiger partial charge in [-0.15, -0.1) is 35.3 Å². The molecular formula is C8H13Cl2NS. The molecule has 4 heteroatoms. The van der Waals surface area contributed by atoms with Crippen LogP contribution < -0.4 is 0 Å². The Kier molecular flexibility index (Phi) is 5.89. The molecule has 0 aliphatic carbocycles. The third-order valence-corrected chi connectivity index (χ3v) is 2.51. The van der Waals surface area contributed by atoms with E-state index in [1.807, 2.05) is 5.38 Å². The molecule has 1 heterocycles. The van der Waals surface area contributed by atoms with Gasteiger partial charge in [0.25, 0.3) is 0 Å². The van der Waals surface area contributed by atoms with Crippen LogP contribution in [0.3, 0.4) is 0 Å². The molecule has 0 N–H and O–H groups in total. The molecular weight excluding hydrogens is 213 g/mol. The monoisotopic (exact) mass is 225 g/mol. The molecule has 0 aliphatic rings. The molecule has 0 aliphatic heterocycles. The third kappa shape index (κ3) is 3.74. The van der Waals surface area contributed by atoms with E-state index < -0.39 is 0 Å². The minimum atomic E-state index is 0. The van der Waals surface area contributed by atoms with Crippen molar-refractivity contribution >= 4 is 35.3 Å². The van der Waals surface area contributed by atoms with E-state index in [-0.39, 0.29) is 12.4 Å². The quantitative estimate of drug-likeness (QED) is 0.719. The van der Waals surface area contributed by atoms with Crippen LogP contribution in [-0.4, -0.2) is 4.98 Å². The summed E-state index contributed by atoms with van der Waals surface area (Å²) in [6.45, 7) is 4.39. The van der Waals surface area contributed by atoms with Gasteiger partial charge in [0.1, 0.15) is 0 Å². The number of nitrogens with zero attached hydrogens (tertiary/aromatic N) is 1. The minimum Gasteiger partial charge on any atom is -0.245 e. The molecule has 0 spiro atoms. The highest BCUT2D eigenvalue weighted by Gasteiger charge is 2.02. The Bertz CT molecular complexity index is 223. The Morgan fingerprint density at radius 3 is 2.67 bits per heavy atom. The fourth-order valence-corrected chi connectivity index (χ4v) is 2.09. The van der Waals surface area contributed by atoms with E-state index in [1.54, 1.807) is 11.3 Å². The fraction of sp³-hybridized carbons (Fsp3) is 0.625. The molecule has 1 nitrogen and oxygen atoms in total. The van der Waals surface area contributed by atoms with Crippen molar-refractivity contribution in [2.24, 2.45) is 5.92 Å². The molecule has 0 fully saturated rings. The van der Waals surface area contributed by atoms with Gasteiger partial charge in [-0.2, -0.15) is 0 Å². The molecule has 12 heavy (non-hydrogen) atoms. The smallest absolute Gasteiger partial charge is 0.0931 e. The standard InChI is InChI=1S/C8H12ClNS.ClH/c1-6(2)3-8-10-7(4-9)5-11-8;/h5-6H,3-4H2,1-2H3;1H. The van der Waals surface area contributed by atoms with Crippen LogP contribution in [0.5, 0.6) is 0 Å². The van der Waals surface area contributed by atoms with Crippen LogP contribution in [-0.2, 0) is 12.3 Å². The van der Waals surface area contributed by atoms with Crippen molar-refractivity contribution in [3.63, 3.8) is 0 Å². The lowest BCUT2D eigenvalue weighted by molar-refractivity contribution is 0.643. The van der Waals surface area contributed by atoms with Crippen LogP contribution in [0.1, 0.15) is 24.5 Å². The average molecular weight is 226 g/mol. The number of aromatic nitrogens is 1. The predicted molar refractivity (Wildman–Crippen MR) is 57.5 cm³/mol. The van der Waals surface area contributed by atoms with Crippen molar-refractivity contribution in [3.05, 3.63) is 16.1 Å². The molecule has 0 saturated heterocycles. The number of alkyl halides is 1. The van der Waals surface area contributed by atoms with Crippen molar-refractivity contribution in [1.82, 2.24) is 4.98 Å². The zero-order valence-corrected chi connectivity index (χ0v) is 9.60. The number of halogens is 2. The summed E-state index contributed by atoms with van der Waals surface area (Å²) in [5, 5.41) is 3.24. The van der Waals surface area contributed by atoms with Gasteiger partial charge in [0, 0.05) is 11.8 Å². The minimum absolute atomic E-state index is 0. The number of thiazole rings is 1. The van der Waals surface area contributed by atoms with Gasteiger partial charge in [-0.1, -0.05) is 13.8 Å². The van der Waals surface area contributed by atoms with Crippen LogP contribution in [0.25, 0.3) is 0 Å². The number of rotatable bonds is 3. The second kappa shape index (κ2) is 5.79. The van der Waals surface area contributed by atoms with Gasteiger partial charge in [0.05, 0.1) is 16.6 Å². The first-order valence-corrected chi connectivity index (χ1v) is 5.13. The zero-order chi connectivity index (χ0) is 8.27. The van der Waals surface area contributed by atoms with E-state index in [9.17, 15) is 0 Å². The van der Waals surface area contributed by atoms with Gasteiger partial charge < -0.3 is 0 Å². The Hall–Kier alpha value is 0.210. The van der Waals surface area contributed by atoms with Crippen LogP contribution in [0.15, 0.2) is 5.38 Å². The molecule has 0 aromatic carbocycles. The SMILES string of the molecule is CC(C)Cc1nc(CCl)cs1.Cl. The van der Waals surface area contributed by atoms with Gasteiger partial charge in [0.15, 0.2) is 0 Å². The topological polar surface area (TPSA) is 12.9 Å². The molecule has 0 amide bonds. The summed E-state index contributed by atoms with van der Waals surface area (Å²) in [6.07, 6.45) is 1.07. The van der Waals surface area contributed by atoms with Gasteiger partial charge >= 0.3 is 0 Å². The van der Waals surface area contributed by atoms with E-state index in [0.29, 0.717) is 11.8 Å². The van der Waals surface area contributed by atoms with Gasteiger partial charge in [-0.05, 0) is 5.92 Å². The lowest BCUT2D eigenvalue weighted by atomic mass is 10.1. The molecule has 1 aromatic heterocycles. The first-order chi connectivity index (χ1) is 5.22. The third-order valence-electron chi connectivity index (χ3n) is 1.32. The predicted octanol–water partition coefficient (Wildman–Crippen LogP) is 3.50. The lowest BCUT2D eigenvalue weighted by Crippen LogP contribution is -1.92. The van der Waals surface area contributed by atoms with Crippen molar-refractivity contribution in [2.75, 3.05) is 0 Å². The number of hydrogen-bond acceptors (Lipinski definition) is 2. The maximum atomic E-state index is 5.62. The maximum Gasteiger partial charge on any atom is 0.0931 e. The summed E-state index contributed by atoms with van der Waals surface area (Å²) in [7, 11) is 0. The molecule has 70 valence electrons. The highest BCUT2D eigenvalue weighted by atomic mass is 35.5. The highest BCUT2D eigenvalue weighted by molar-refractivity contribution is 7.09. The van der Waals surface area contributed by atoms with E-state index in [0.717, 1.165) is 12.1 Å². The second-order valence-corrected chi connectivity index (χ2v) is 4.17. The normalized spacial score (nSPS) is 10.0. The molecule has 1 rings (SSSR count). The lowest BCUT2D eigenvalue weighted by Gasteiger charge is -1.97. The zero-order valence-electron chi connectivity index (χ0n) is 7.21. The van der Waals surface area contributed by atoms with E-state index in [4.69, 9.17) is 11.6 Å². The molecule has 0 radical (unpaired) electrons. The molecule has 0 unspecified atom stereocenters. The van der Waals surface area contributed by atoms with Crippen molar-refractivity contribution in [3.8, 4) is 0 Å². The Morgan fingerprint density at radius 2 is 2.25 bits per heavy atom. The summed E-state index contributed by atoms with van der Waals surface area (Å²) in [5.74, 6) is 1.22. The summed E-state index contributed by atoms with van der Waals surface area (Å²) in [6, 6.07) is 0. The van der Waals surface area contributed by atoms with Crippen molar-refractivity contribution < 1.29 is 0 Å². The molecule has 1 aromatic rings. The average Bonchev–Trinajstić information content (AvgIpc) is 2.34. The van der Waals surface area contributed by atoms with Crippen molar-refractivity contribution in [2.45, 2.75) is 26.1 Å². The molecule has 0 saturated carbocycles. The summed E-state index contributed by atoms with van der Waals surface area (Å²) >= 11 is 7.33. The summed E-state index contributed by atoms with van der Waals surface area (Å²) in [4.78, 5) is 4.36. The van der Waals surface area contributed by atoms with E-state index in [2.05, 4.69) is 18.8 Å². The van der Waals surface area contributed by atoms with E-state index >= 15 is 0 Å². The fourth-order valence-electron chi connectivity index (χ4n) is 0.853. The largest absolute Gasteiger partial charge is 0.245 e. The van der Waals surface area contributed by atoms with Crippen LogP contribution in [0.4, 0.5) is 0 Å². The van der Waals surface area contributed by atoms with Crippen LogP contribution in [0, 0.1) is 5.92 Å². The van der Waals surface area contributed by atoms with E-state index in [1.165, 1.54) is 5.01 Å². The van der Waals surface area contributed by atoms with Gasteiger partial charge in [-0.3, -0.25) is 0 Å². The van der Waals surface area contributed by atoms with Crippen LogP contribution in [0.2, 0.25) is 0 Å². The van der Waals surface area contributed by atoms with Crippen molar-refractivity contribution in [1.29, 1.82) is 0 Å². The summed E-state index contributed by atoms with van der Waals surface area (Å²) in [5.41, 5.74) is 1.01. The summed E-state index contributed by atoms with van der Waals surface area (Å²) < 4.78 is 0. The second-order valence-electron chi connectivity index (χ2n) is 2.96. The Morgan fingerprint density at radius 1 is 1.58 bits per heavy atom. The first-order valence-electron chi connectivity index (χ1n) is 3.71. The highest BCUT2D eigenvalue weighted by Crippen LogP contribution is 2.15.